The maximum absolute atomic E-state index is 5.40. The van der Waals surface area contributed by atoms with Gasteiger partial charge in [-0.15, -0.1) is 0 Å². The van der Waals surface area contributed by atoms with Crippen LogP contribution in [0.15, 0.2) is 0 Å². The van der Waals surface area contributed by atoms with Crippen LogP contribution >= 0.6 is 0 Å². The van der Waals surface area contributed by atoms with Crippen molar-refractivity contribution in [1.82, 2.24) is 9.80 Å². The van der Waals surface area contributed by atoms with Crippen molar-refractivity contribution in [3.05, 3.63) is 0 Å². The van der Waals surface area contributed by atoms with Crippen LogP contribution in [0.1, 0.15) is 32.6 Å². The molecule has 0 aromatic rings. The van der Waals surface area contributed by atoms with Gasteiger partial charge in [-0.05, 0) is 44.7 Å². The number of hydrogen-bond donors (Lipinski definition) is 0. The number of piperazine rings is 1. The lowest BCUT2D eigenvalue weighted by atomic mass is 9.95. The summed E-state index contributed by atoms with van der Waals surface area (Å²) in [4.78, 5) is 5.19. The highest BCUT2D eigenvalue weighted by Crippen LogP contribution is 2.20. The fourth-order valence-corrected chi connectivity index (χ4v) is 2.97. The Labute approximate surface area is 106 Å². The Morgan fingerprint density at radius 1 is 1.00 bits per heavy atom. The minimum Gasteiger partial charge on any atom is -0.381 e. The minimum atomic E-state index is 0.945. The summed E-state index contributed by atoms with van der Waals surface area (Å²) < 4.78 is 5.40. The summed E-state index contributed by atoms with van der Waals surface area (Å²) in [5, 5.41) is 0. The van der Waals surface area contributed by atoms with Gasteiger partial charge in [0.05, 0.1) is 0 Å². The van der Waals surface area contributed by atoms with Gasteiger partial charge >= 0.3 is 0 Å². The zero-order valence-corrected chi connectivity index (χ0v) is 11.4. The second-order valence-corrected chi connectivity index (χ2v) is 5.47. The highest BCUT2D eigenvalue weighted by atomic mass is 16.5. The van der Waals surface area contributed by atoms with Crippen molar-refractivity contribution < 1.29 is 4.74 Å². The van der Waals surface area contributed by atoms with Crippen LogP contribution in [0.25, 0.3) is 0 Å². The molecule has 0 bridgehead atoms. The standard InChI is InChI=1S/C14H28N2O/c1-2-15-8-10-16(11-9-15)7-3-4-14-5-12-17-13-6-14/h14H,2-13H2,1H3. The van der Waals surface area contributed by atoms with E-state index in [0.717, 1.165) is 19.1 Å². The summed E-state index contributed by atoms with van der Waals surface area (Å²) in [6.45, 7) is 11.9. The van der Waals surface area contributed by atoms with E-state index in [1.807, 2.05) is 0 Å². The maximum Gasteiger partial charge on any atom is 0.0468 e. The SMILES string of the molecule is CCN1CCN(CCCC2CCOCC2)CC1. The van der Waals surface area contributed by atoms with Gasteiger partial charge in [-0.1, -0.05) is 6.92 Å². The van der Waals surface area contributed by atoms with Crippen LogP contribution in [-0.4, -0.2) is 62.3 Å². The molecule has 2 heterocycles. The van der Waals surface area contributed by atoms with Crippen LogP contribution in [-0.2, 0) is 4.74 Å². The molecule has 2 rings (SSSR count). The Balaban J connectivity index is 1.53. The highest BCUT2D eigenvalue weighted by molar-refractivity contribution is 4.71. The first-order valence-electron chi connectivity index (χ1n) is 7.41. The average molecular weight is 240 g/mol. The molecule has 0 aromatic heterocycles. The lowest BCUT2D eigenvalue weighted by Gasteiger charge is -2.34. The van der Waals surface area contributed by atoms with E-state index >= 15 is 0 Å². The van der Waals surface area contributed by atoms with E-state index in [2.05, 4.69) is 16.7 Å². The lowest BCUT2D eigenvalue weighted by molar-refractivity contribution is 0.0612. The Morgan fingerprint density at radius 3 is 2.29 bits per heavy atom. The molecule has 3 nitrogen and oxygen atoms in total. The molecule has 17 heavy (non-hydrogen) atoms. The van der Waals surface area contributed by atoms with Gasteiger partial charge in [0.25, 0.3) is 0 Å². The summed E-state index contributed by atoms with van der Waals surface area (Å²) in [5.74, 6) is 0.945. The molecule has 0 spiro atoms. The zero-order chi connectivity index (χ0) is 11.9. The van der Waals surface area contributed by atoms with Crippen molar-refractivity contribution in [2.45, 2.75) is 32.6 Å². The van der Waals surface area contributed by atoms with E-state index in [-0.39, 0.29) is 0 Å². The van der Waals surface area contributed by atoms with Crippen LogP contribution in [0.4, 0.5) is 0 Å². The third-order valence-electron chi connectivity index (χ3n) is 4.34. The van der Waals surface area contributed by atoms with Crippen LogP contribution in [0.5, 0.6) is 0 Å². The molecular formula is C14H28N2O. The van der Waals surface area contributed by atoms with Crippen molar-refractivity contribution in [3.63, 3.8) is 0 Å². The summed E-state index contributed by atoms with van der Waals surface area (Å²) in [5.41, 5.74) is 0. The van der Waals surface area contributed by atoms with E-state index in [9.17, 15) is 0 Å². The largest absolute Gasteiger partial charge is 0.381 e. The molecule has 0 aliphatic carbocycles. The average Bonchev–Trinajstić information content (AvgIpc) is 2.41. The Hall–Kier alpha value is -0.120. The monoisotopic (exact) mass is 240 g/mol. The first-order chi connectivity index (χ1) is 8.38. The number of rotatable bonds is 5. The summed E-state index contributed by atoms with van der Waals surface area (Å²) >= 11 is 0. The molecule has 0 N–H and O–H groups in total. The molecule has 0 unspecified atom stereocenters. The first kappa shape index (κ1) is 13.3. The number of hydrogen-bond acceptors (Lipinski definition) is 3. The van der Waals surface area contributed by atoms with Gasteiger partial charge in [-0.3, -0.25) is 0 Å². The topological polar surface area (TPSA) is 15.7 Å². The molecular weight excluding hydrogens is 212 g/mol. The molecule has 0 atom stereocenters. The van der Waals surface area contributed by atoms with E-state index in [4.69, 9.17) is 4.74 Å². The van der Waals surface area contributed by atoms with Crippen molar-refractivity contribution in [3.8, 4) is 0 Å². The number of nitrogens with zero attached hydrogens (tertiary/aromatic N) is 2. The van der Waals surface area contributed by atoms with Crippen molar-refractivity contribution >= 4 is 0 Å². The lowest BCUT2D eigenvalue weighted by Crippen LogP contribution is -2.46. The van der Waals surface area contributed by atoms with Crippen LogP contribution in [0, 0.1) is 5.92 Å². The predicted octanol–water partition coefficient (Wildman–Crippen LogP) is 1.83. The molecule has 0 saturated carbocycles. The molecule has 2 aliphatic rings. The second-order valence-electron chi connectivity index (χ2n) is 5.47. The molecule has 2 saturated heterocycles. The van der Waals surface area contributed by atoms with Crippen LogP contribution < -0.4 is 0 Å². The molecule has 0 radical (unpaired) electrons. The third kappa shape index (κ3) is 4.57. The number of ether oxygens (including phenoxy) is 1. The quantitative estimate of drug-likeness (QED) is 0.729. The number of likely N-dealkylation sites (N-methyl/N-ethyl adjacent to an activating group) is 1. The van der Waals surface area contributed by atoms with E-state index in [1.165, 1.54) is 65.0 Å². The fourth-order valence-electron chi connectivity index (χ4n) is 2.97. The normalized spacial score (nSPS) is 25.2. The summed E-state index contributed by atoms with van der Waals surface area (Å²) in [7, 11) is 0. The van der Waals surface area contributed by atoms with Gasteiger partial charge < -0.3 is 14.5 Å². The van der Waals surface area contributed by atoms with Crippen LogP contribution in [0.3, 0.4) is 0 Å². The fraction of sp³-hybridized carbons (Fsp3) is 1.00. The van der Waals surface area contributed by atoms with Crippen LogP contribution in [0.2, 0.25) is 0 Å². The van der Waals surface area contributed by atoms with E-state index < -0.39 is 0 Å². The molecule has 100 valence electrons. The van der Waals surface area contributed by atoms with Gasteiger partial charge in [-0.2, -0.15) is 0 Å². The Bertz CT molecular complexity index is 196. The van der Waals surface area contributed by atoms with Gasteiger partial charge in [0.15, 0.2) is 0 Å². The molecule has 0 amide bonds. The molecule has 3 heteroatoms. The second kappa shape index (κ2) is 7.34. The van der Waals surface area contributed by atoms with Gasteiger partial charge in [-0.25, -0.2) is 0 Å². The third-order valence-corrected chi connectivity index (χ3v) is 4.34. The zero-order valence-electron chi connectivity index (χ0n) is 11.4. The van der Waals surface area contributed by atoms with E-state index in [1.54, 1.807) is 0 Å². The Morgan fingerprint density at radius 2 is 1.65 bits per heavy atom. The van der Waals surface area contributed by atoms with Crippen molar-refractivity contribution in [2.24, 2.45) is 5.92 Å². The van der Waals surface area contributed by atoms with Gasteiger partial charge in [0, 0.05) is 39.4 Å². The molecule has 0 aromatic carbocycles. The predicted molar refractivity (Wildman–Crippen MR) is 71.3 cm³/mol. The summed E-state index contributed by atoms with van der Waals surface area (Å²) in [6, 6.07) is 0. The van der Waals surface area contributed by atoms with Crippen molar-refractivity contribution in [2.75, 3.05) is 52.5 Å². The van der Waals surface area contributed by atoms with Gasteiger partial charge in [0.1, 0.15) is 0 Å². The van der Waals surface area contributed by atoms with Gasteiger partial charge in [0.2, 0.25) is 0 Å². The smallest absolute Gasteiger partial charge is 0.0468 e. The first-order valence-corrected chi connectivity index (χ1v) is 7.41. The van der Waals surface area contributed by atoms with E-state index in [0.29, 0.717) is 0 Å². The highest BCUT2D eigenvalue weighted by Gasteiger charge is 2.17. The minimum absolute atomic E-state index is 0.945. The summed E-state index contributed by atoms with van der Waals surface area (Å²) in [6.07, 6.45) is 5.39. The molecule has 2 aliphatic heterocycles. The van der Waals surface area contributed by atoms with Crippen molar-refractivity contribution in [1.29, 1.82) is 0 Å². The molecule has 2 fully saturated rings. The Kier molecular flexibility index (Phi) is 5.75. The maximum atomic E-state index is 5.40.